The van der Waals surface area contributed by atoms with Gasteiger partial charge in [-0.25, -0.2) is 0 Å². The number of nitro benzene ring substituents is 1. The van der Waals surface area contributed by atoms with E-state index in [-0.39, 0.29) is 34.0 Å². The van der Waals surface area contributed by atoms with E-state index in [9.17, 15) is 14.9 Å². The Morgan fingerprint density at radius 3 is 2.63 bits per heavy atom. The molecular weight excluding hydrogens is 368 g/mol. The second-order valence-electron chi connectivity index (χ2n) is 5.53. The number of carbonyl (C=O) groups excluding carboxylic acids is 1. The largest absolute Gasteiger partial charge is 0.411 e. The van der Waals surface area contributed by atoms with Crippen molar-refractivity contribution in [1.29, 1.82) is 0 Å². The molecule has 0 atom stereocenters. The van der Waals surface area contributed by atoms with Gasteiger partial charge in [-0.3, -0.25) is 14.9 Å². The molecule has 9 heteroatoms. The summed E-state index contributed by atoms with van der Waals surface area (Å²) in [5.74, 6) is -0.0938. The van der Waals surface area contributed by atoms with Crippen molar-refractivity contribution in [1.82, 2.24) is 10.2 Å². The van der Waals surface area contributed by atoms with Gasteiger partial charge in [0.15, 0.2) is 0 Å². The van der Waals surface area contributed by atoms with E-state index < -0.39 is 4.92 Å². The molecule has 1 aromatic heterocycles. The van der Waals surface area contributed by atoms with Crippen molar-refractivity contribution in [3.63, 3.8) is 0 Å². The second-order valence-corrected chi connectivity index (χ2v) is 6.46. The standard InChI is InChI=1S/C18H16N4O4S/c1-2-12-7-9-13(10-8-12)19-16(23)11-27-18-21-20-17(26-18)14-5-3-4-6-15(14)22(24)25/h3-10H,2,11H2,1H3,(H,19,23). The number of rotatable bonds is 7. The summed E-state index contributed by atoms with van der Waals surface area (Å²) in [6.45, 7) is 2.06. The van der Waals surface area contributed by atoms with Crippen LogP contribution in [0.1, 0.15) is 12.5 Å². The van der Waals surface area contributed by atoms with Crippen molar-refractivity contribution in [2.24, 2.45) is 0 Å². The molecule has 1 heterocycles. The van der Waals surface area contributed by atoms with Gasteiger partial charge in [-0.1, -0.05) is 43.0 Å². The van der Waals surface area contributed by atoms with Gasteiger partial charge < -0.3 is 9.73 Å². The first-order chi connectivity index (χ1) is 13.1. The normalized spacial score (nSPS) is 10.6. The smallest absolute Gasteiger partial charge is 0.282 e. The summed E-state index contributed by atoms with van der Waals surface area (Å²) >= 11 is 1.06. The number of nitrogens with zero attached hydrogens (tertiary/aromatic N) is 3. The molecule has 0 radical (unpaired) electrons. The second kappa shape index (κ2) is 8.45. The number of hydrogen-bond donors (Lipinski definition) is 1. The number of hydrogen-bond acceptors (Lipinski definition) is 7. The molecule has 0 aliphatic heterocycles. The molecule has 1 amide bonds. The Hall–Kier alpha value is -3.20. The summed E-state index contributed by atoms with van der Waals surface area (Å²) in [6.07, 6.45) is 0.934. The maximum absolute atomic E-state index is 12.0. The van der Waals surface area contributed by atoms with Gasteiger partial charge in [0.2, 0.25) is 5.91 Å². The van der Waals surface area contributed by atoms with Crippen molar-refractivity contribution in [2.45, 2.75) is 18.6 Å². The summed E-state index contributed by atoms with van der Waals surface area (Å²) in [5, 5.41) is 21.7. The fourth-order valence-corrected chi connectivity index (χ4v) is 2.90. The quantitative estimate of drug-likeness (QED) is 0.373. The van der Waals surface area contributed by atoms with Gasteiger partial charge in [-0.05, 0) is 30.2 Å². The Kier molecular flexibility index (Phi) is 5.82. The SMILES string of the molecule is CCc1ccc(NC(=O)CSc2nnc(-c3ccccc3[N+](=O)[O-])o2)cc1. The lowest BCUT2D eigenvalue weighted by Crippen LogP contribution is -2.13. The van der Waals surface area contributed by atoms with Gasteiger partial charge in [-0.15, -0.1) is 10.2 Å². The fourth-order valence-electron chi connectivity index (χ4n) is 2.34. The molecule has 0 aliphatic rings. The van der Waals surface area contributed by atoms with Crippen LogP contribution in [0.25, 0.3) is 11.5 Å². The van der Waals surface area contributed by atoms with Crippen LogP contribution in [-0.2, 0) is 11.2 Å². The predicted molar refractivity (Wildman–Crippen MR) is 102 cm³/mol. The molecule has 1 N–H and O–H groups in total. The molecule has 2 aromatic carbocycles. The average Bonchev–Trinajstić information content (AvgIpc) is 3.16. The maximum atomic E-state index is 12.0. The lowest BCUT2D eigenvalue weighted by Gasteiger charge is -2.04. The molecule has 3 aromatic rings. The summed E-state index contributed by atoms with van der Waals surface area (Å²) in [6, 6.07) is 13.7. The van der Waals surface area contributed by atoms with E-state index in [4.69, 9.17) is 4.42 Å². The first-order valence-corrected chi connectivity index (χ1v) is 9.14. The zero-order valence-corrected chi connectivity index (χ0v) is 15.2. The van der Waals surface area contributed by atoms with Gasteiger partial charge in [-0.2, -0.15) is 0 Å². The Labute approximate surface area is 159 Å². The number of thioether (sulfide) groups is 1. The molecular formula is C18H16N4O4S. The molecule has 0 unspecified atom stereocenters. The Bertz CT molecular complexity index is 956. The van der Waals surface area contributed by atoms with Crippen LogP contribution in [0.15, 0.2) is 58.2 Å². The number of aromatic nitrogens is 2. The number of carbonyl (C=O) groups is 1. The predicted octanol–water partition coefficient (Wildman–Crippen LogP) is 3.94. The number of nitrogens with one attached hydrogen (secondary N) is 1. The van der Waals surface area contributed by atoms with Crippen LogP contribution in [0.3, 0.4) is 0 Å². The minimum absolute atomic E-state index is 0.0420. The van der Waals surface area contributed by atoms with Gasteiger partial charge in [0.1, 0.15) is 5.56 Å². The highest BCUT2D eigenvalue weighted by molar-refractivity contribution is 7.99. The topological polar surface area (TPSA) is 111 Å². The molecule has 0 spiro atoms. The highest BCUT2D eigenvalue weighted by atomic mass is 32.2. The number of aryl methyl sites for hydroxylation is 1. The Morgan fingerprint density at radius 2 is 1.93 bits per heavy atom. The highest BCUT2D eigenvalue weighted by Gasteiger charge is 2.20. The molecule has 3 rings (SSSR count). The van der Waals surface area contributed by atoms with Crippen LogP contribution in [-0.4, -0.2) is 26.8 Å². The van der Waals surface area contributed by atoms with Crippen LogP contribution < -0.4 is 5.32 Å². The molecule has 8 nitrogen and oxygen atoms in total. The zero-order valence-electron chi connectivity index (χ0n) is 14.4. The van der Waals surface area contributed by atoms with E-state index in [1.807, 2.05) is 24.3 Å². The highest BCUT2D eigenvalue weighted by Crippen LogP contribution is 2.30. The van der Waals surface area contributed by atoms with Gasteiger partial charge >= 0.3 is 0 Å². The number of nitro groups is 1. The molecule has 0 saturated carbocycles. The van der Waals surface area contributed by atoms with Crippen molar-refractivity contribution in [3.8, 4) is 11.5 Å². The number of para-hydroxylation sites is 1. The first-order valence-electron chi connectivity index (χ1n) is 8.15. The maximum Gasteiger partial charge on any atom is 0.282 e. The van der Waals surface area contributed by atoms with Crippen LogP contribution in [0.2, 0.25) is 0 Å². The molecule has 0 aliphatic carbocycles. The van der Waals surface area contributed by atoms with Crippen LogP contribution >= 0.6 is 11.8 Å². The van der Waals surface area contributed by atoms with Crippen LogP contribution in [0.4, 0.5) is 11.4 Å². The van der Waals surface area contributed by atoms with Crippen molar-refractivity contribution in [3.05, 3.63) is 64.2 Å². The zero-order chi connectivity index (χ0) is 19.2. The van der Waals surface area contributed by atoms with Crippen molar-refractivity contribution >= 4 is 29.0 Å². The first kappa shape index (κ1) is 18.6. The number of amides is 1. The van der Waals surface area contributed by atoms with Crippen LogP contribution in [0, 0.1) is 10.1 Å². The van der Waals surface area contributed by atoms with E-state index in [2.05, 4.69) is 22.4 Å². The minimum atomic E-state index is -0.510. The van der Waals surface area contributed by atoms with Crippen molar-refractivity contribution < 1.29 is 14.1 Å². The average molecular weight is 384 g/mol. The summed E-state index contributed by atoms with van der Waals surface area (Å²) in [5.41, 5.74) is 2.02. The van der Waals surface area contributed by atoms with Crippen molar-refractivity contribution in [2.75, 3.05) is 11.1 Å². The van der Waals surface area contributed by atoms with E-state index in [0.29, 0.717) is 5.69 Å². The van der Waals surface area contributed by atoms with Gasteiger partial charge in [0.05, 0.1) is 10.7 Å². The van der Waals surface area contributed by atoms with Gasteiger partial charge in [0, 0.05) is 11.8 Å². The van der Waals surface area contributed by atoms with E-state index in [0.717, 1.165) is 18.2 Å². The summed E-state index contributed by atoms with van der Waals surface area (Å²) < 4.78 is 5.45. The van der Waals surface area contributed by atoms with E-state index in [1.54, 1.807) is 12.1 Å². The Morgan fingerprint density at radius 1 is 1.19 bits per heavy atom. The Balaban J connectivity index is 1.61. The molecule has 27 heavy (non-hydrogen) atoms. The molecule has 0 bridgehead atoms. The van der Waals surface area contributed by atoms with Gasteiger partial charge in [0.25, 0.3) is 16.8 Å². The van der Waals surface area contributed by atoms with Crippen LogP contribution in [0.5, 0.6) is 0 Å². The third-order valence-electron chi connectivity index (χ3n) is 3.71. The molecule has 0 saturated heterocycles. The lowest BCUT2D eigenvalue weighted by molar-refractivity contribution is -0.384. The molecule has 0 fully saturated rings. The third kappa shape index (κ3) is 4.70. The molecule has 138 valence electrons. The minimum Gasteiger partial charge on any atom is -0.411 e. The fraction of sp³-hybridized carbons (Fsp3) is 0.167. The summed E-state index contributed by atoms with van der Waals surface area (Å²) in [4.78, 5) is 22.6. The number of benzene rings is 2. The van der Waals surface area contributed by atoms with E-state index >= 15 is 0 Å². The monoisotopic (exact) mass is 384 g/mol. The lowest BCUT2D eigenvalue weighted by atomic mass is 10.1. The van der Waals surface area contributed by atoms with E-state index in [1.165, 1.54) is 17.7 Å². The summed E-state index contributed by atoms with van der Waals surface area (Å²) in [7, 11) is 0. The number of anilines is 1. The third-order valence-corrected chi connectivity index (χ3v) is 4.53.